The maximum Gasteiger partial charge on any atom is 0.254 e. The predicted molar refractivity (Wildman–Crippen MR) is 87.8 cm³/mol. The molecule has 0 saturated heterocycles. The van der Waals surface area contributed by atoms with Gasteiger partial charge in [0.25, 0.3) is 5.91 Å². The second-order valence-corrected chi connectivity index (χ2v) is 6.27. The van der Waals surface area contributed by atoms with Crippen LogP contribution in [0.25, 0.3) is 0 Å². The molecule has 0 spiro atoms. The minimum Gasteiger partial charge on any atom is -0.472 e. The van der Waals surface area contributed by atoms with Gasteiger partial charge in [0, 0.05) is 22.5 Å². The van der Waals surface area contributed by atoms with Crippen LogP contribution in [-0.2, 0) is 13.1 Å². The second kappa shape index (κ2) is 6.62. The largest absolute Gasteiger partial charge is 0.472 e. The summed E-state index contributed by atoms with van der Waals surface area (Å²) in [6.45, 7) is 3.17. The summed E-state index contributed by atoms with van der Waals surface area (Å²) >= 11 is 1.66. The number of amides is 1. The molecule has 0 aliphatic heterocycles. The lowest BCUT2D eigenvalue weighted by atomic mass is 10.1. The van der Waals surface area contributed by atoms with Crippen molar-refractivity contribution in [2.75, 3.05) is 0 Å². The summed E-state index contributed by atoms with van der Waals surface area (Å²) in [5.74, 6) is 0.0367. The molecular formula is C18H17NO2S. The molecule has 3 aromatic rings. The first-order valence-electron chi connectivity index (χ1n) is 7.12. The average molecular weight is 311 g/mol. The summed E-state index contributed by atoms with van der Waals surface area (Å²) in [6.07, 6.45) is 3.32. The molecular weight excluding hydrogens is 294 g/mol. The van der Waals surface area contributed by atoms with E-state index in [1.54, 1.807) is 23.9 Å². The molecule has 0 atom stereocenters. The van der Waals surface area contributed by atoms with Crippen LogP contribution in [0.3, 0.4) is 0 Å². The maximum atomic E-state index is 12.8. The molecule has 0 bridgehead atoms. The Balaban J connectivity index is 1.83. The fraction of sp³-hybridized carbons (Fsp3) is 0.167. The molecule has 0 fully saturated rings. The van der Waals surface area contributed by atoms with Crippen molar-refractivity contribution in [3.05, 3.63) is 81.9 Å². The van der Waals surface area contributed by atoms with Gasteiger partial charge in [0.2, 0.25) is 0 Å². The van der Waals surface area contributed by atoms with Crippen molar-refractivity contribution < 1.29 is 9.21 Å². The number of carbonyl (C=O) groups is 1. The van der Waals surface area contributed by atoms with Crippen molar-refractivity contribution in [3.63, 3.8) is 0 Å². The van der Waals surface area contributed by atoms with E-state index in [1.807, 2.05) is 53.6 Å². The molecule has 3 nitrogen and oxygen atoms in total. The van der Waals surface area contributed by atoms with E-state index in [0.717, 1.165) is 11.1 Å². The summed E-state index contributed by atoms with van der Waals surface area (Å²) in [5.41, 5.74) is 2.86. The van der Waals surface area contributed by atoms with Gasteiger partial charge in [0.1, 0.15) is 0 Å². The highest BCUT2D eigenvalue weighted by Crippen LogP contribution is 2.17. The highest BCUT2D eigenvalue weighted by Gasteiger charge is 2.17. The van der Waals surface area contributed by atoms with Gasteiger partial charge in [-0.05, 0) is 36.6 Å². The standard InChI is InChI=1S/C18H17NO2S/c1-14-4-6-16(7-5-14)18(20)19(11-15-8-9-21-13-15)12-17-3-2-10-22-17/h2-10,13H,11-12H2,1H3. The Kier molecular flexibility index (Phi) is 4.39. The average Bonchev–Trinajstić information content (AvgIpc) is 3.20. The highest BCUT2D eigenvalue weighted by molar-refractivity contribution is 7.09. The zero-order chi connectivity index (χ0) is 15.4. The van der Waals surface area contributed by atoms with Crippen LogP contribution in [0.5, 0.6) is 0 Å². The first-order chi connectivity index (χ1) is 10.7. The number of carbonyl (C=O) groups excluding carboxylic acids is 1. The molecule has 4 heteroatoms. The lowest BCUT2D eigenvalue weighted by Gasteiger charge is -2.21. The number of aryl methyl sites for hydroxylation is 1. The van der Waals surface area contributed by atoms with E-state index in [4.69, 9.17) is 4.42 Å². The fourth-order valence-electron chi connectivity index (χ4n) is 2.27. The fourth-order valence-corrected chi connectivity index (χ4v) is 2.99. The Bertz CT molecular complexity index is 679. The SMILES string of the molecule is Cc1ccc(C(=O)N(Cc2ccoc2)Cc2cccs2)cc1. The van der Waals surface area contributed by atoms with Crippen LogP contribution in [-0.4, -0.2) is 10.8 Å². The summed E-state index contributed by atoms with van der Waals surface area (Å²) in [4.78, 5) is 15.8. The van der Waals surface area contributed by atoms with Gasteiger partial charge in [-0.25, -0.2) is 0 Å². The summed E-state index contributed by atoms with van der Waals surface area (Å²) in [6, 6.07) is 13.7. The highest BCUT2D eigenvalue weighted by atomic mass is 32.1. The Labute approximate surface area is 133 Å². The Morgan fingerprint density at radius 1 is 1.14 bits per heavy atom. The molecule has 1 aromatic carbocycles. The minimum absolute atomic E-state index is 0.0367. The maximum absolute atomic E-state index is 12.8. The Morgan fingerprint density at radius 2 is 1.95 bits per heavy atom. The molecule has 0 radical (unpaired) electrons. The van der Waals surface area contributed by atoms with Gasteiger partial charge in [0.15, 0.2) is 0 Å². The van der Waals surface area contributed by atoms with Gasteiger partial charge < -0.3 is 9.32 Å². The van der Waals surface area contributed by atoms with Crippen molar-refractivity contribution in [3.8, 4) is 0 Å². The van der Waals surface area contributed by atoms with E-state index < -0.39 is 0 Å². The third kappa shape index (κ3) is 3.46. The smallest absolute Gasteiger partial charge is 0.254 e. The van der Waals surface area contributed by atoms with Crippen molar-refractivity contribution in [1.82, 2.24) is 4.90 Å². The van der Waals surface area contributed by atoms with Crippen LogP contribution in [0, 0.1) is 6.92 Å². The molecule has 1 amide bonds. The molecule has 112 valence electrons. The van der Waals surface area contributed by atoms with E-state index in [1.165, 1.54) is 4.88 Å². The third-order valence-corrected chi connectivity index (χ3v) is 4.33. The van der Waals surface area contributed by atoms with Crippen molar-refractivity contribution in [1.29, 1.82) is 0 Å². The van der Waals surface area contributed by atoms with Crippen LogP contribution >= 0.6 is 11.3 Å². The van der Waals surface area contributed by atoms with E-state index in [2.05, 4.69) is 6.07 Å². The normalized spacial score (nSPS) is 10.6. The molecule has 2 heterocycles. The number of hydrogen-bond donors (Lipinski definition) is 0. The molecule has 0 N–H and O–H groups in total. The van der Waals surface area contributed by atoms with Crippen molar-refractivity contribution in [2.45, 2.75) is 20.0 Å². The zero-order valence-electron chi connectivity index (χ0n) is 12.4. The van der Waals surface area contributed by atoms with E-state index in [0.29, 0.717) is 18.7 Å². The van der Waals surface area contributed by atoms with Gasteiger partial charge in [-0.2, -0.15) is 0 Å². The number of thiophene rings is 1. The third-order valence-electron chi connectivity index (χ3n) is 3.47. The first-order valence-corrected chi connectivity index (χ1v) is 8.00. The van der Waals surface area contributed by atoms with E-state index in [9.17, 15) is 4.79 Å². The molecule has 22 heavy (non-hydrogen) atoms. The van der Waals surface area contributed by atoms with Gasteiger partial charge in [0.05, 0.1) is 19.1 Å². The second-order valence-electron chi connectivity index (χ2n) is 5.24. The monoisotopic (exact) mass is 311 g/mol. The number of benzene rings is 1. The molecule has 0 saturated carbocycles. The topological polar surface area (TPSA) is 33.5 Å². The van der Waals surface area contributed by atoms with Crippen molar-refractivity contribution in [2.24, 2.45) is 0 Å². The first kappa shape index (κ1) is 14.6. The zero-order valence-corrected chi connectivity index (χ0v) is 13.2. The predicted octanol–water partition coefficient (Wildman–Crippen LogP) is 4.49. The van der Waals surface area contributed by atoms with E-state index in [-0.39, 0.29) is 5.91 Å². The van der Waals surface area contributed by atoms with Gasteiger partial charge in [-0.3, -0.25) is 4.79 Å². The van der Waals surface area contributed by atoms with Crippen LogP contribution < -0.4 is 0 Å². The van der Waals surface area contributed by atoms with E-state index >= 15 is 0 Å². The number of rotatable bonds is 5. The summed E-state index contributed by atoms with van der Waals surface area (Å²) in [7, 11) is 0. The Hall–Kier alpha value is -2.33. The molecule has 0 unspecified atom stereocenters. The van der Waals surface area contributed by atoms with Gasteiger partial charge in [-0.15, -0.1) is 11.3 Å². The molecule has 0 aliphatic carbocycles. The summed E-state index contributed by atoms with van der Waals surface area (Å²) in [5, 5.41) is 2.03. The number of nitrogens with zero attached hydrogens (tertiary/aromatic N) is 1. The van der Waals surface area contributed by atoms with Gasteiger partial charge in [-0.1, -0.05) is 23.8 Å². The number of hydrogen-bond acceptors (Lipinski definition) is 3. The molecule has 0 aliphatic rings. The van der Waals surface area contributed by atoms with Crippen LogP contribution in [0.1, 0.15) is 26.4 Å². The lowest BCUT2D eigenvalue weighted by molar-refractivity contribution is 0.0731. The molecule has 3 rings (SSSR count). The van der Waals surface area contributed by atoms with Gasteiger partial charge >= 0.3 is 0 Å². The van der Waals surface area contributed by atoms with Crippen LogP contribution in [0.15, 0.2) is 64.8 Å². The van der Waals surface area contributed by atoms with Crippen LogP contribution in [0.4, 0.5) is 0 Å². The number of furan rings is 1. The van der Waals surface area contributed by atoms with Crippen LogP contribution in [0.2, 0.25) is 0 Å². The lowest BCUT2D eigenvalue weighted by Crippen LogP contribution is -2.29. The minimum atomic E-state index is 0.0367. The Morgan fingerprint density at radius 3 is 2.59 bits per heavy atom. The quantitative estimate of drug-likeness (QED) is 0.695. The van der Waals surface area contributed by atoms with Crippen molar-refractivity contribution >= 4 is 17.2 Å². The summed E-state index contributed by atoms with van der Waals surface area (Å²) < 4.78 is 5.12. The molecule has 2 aromatic heterocycles.